The van der Waals surface area contributed by atoms with Crippen molar-refractivity contribution in [3.63, 3.8) is 0 Å². The number of carbonyl (C=O) groups excluding carboxylic acids is 1. The monoisotopic (exact) mass is 352 g/mol. The lowest BCUT2D eigenvalue weighted by Crippen LogP contribution is -2.40. The Morgan fingerprint density at radius 2 is 1.67 bits per heavy atom. The molecule has 0 aliphatic heterocycles. The van der Waals surface area contributed by atoms with Crippen molar-refractivity contribution >= 4 is 18.3 Å². The molecule has 1 saturated carbocycles. The van der Waals surface area contributed by atoms with E-state index < -0.39 is 0 Å². The minimum atomic E-state index is 0. The van der Waals surface area contributed by atoms with Crippen molar-refractivity contribution in [1.29, 1.82) is 0 Å². The molecule has 0 heterocycles. The lowest BCUT2D eigenvalue weighted by molar-refractivity contribution is -0.135. The highest BCUT2D eigenvalue weighted by molar-refractivity contribution is 5.85. The number of nitrogens with two attached hydrogens (primary N) is 1. The van der Waals surface area contributed by atoms with Gasteiger partial charge in [0.2, 0.25) is 5.91 Å². The van der Waals surface area contributed by atoms with Crippen molar-refractivity contribution in [1.82, 2.24) is 4.90 Å². The van der Waals surface area contributed by atoms with E-state index in [2.05, 4.69) is 29.2 Å². The van der Waals surface area contributed by atoms with Crippen LogP contribution in [-0.2, 0) is 11.3 Å². The van der Waals surface area contributed by atoms with E-state index in [4.69, 9.17) is 5.73 Å². The van der Waals surface area contributed by atoms with Gasteiger partial charge in [0.15, 0.2) is 0 Å². The Labute approximate surface area is 153 Å². The first kappa shape index (κ1) is 21.0. The van der Waals surface area contributed by atoms with Crippen LogP contribution in [0.2, 0.25) is 0 Å². The minimum absolute atomic E-state index is 0. The zero-order chi connectivity index (χ0) is 16.3. The maximum absolute atomic E-state index is 12.8. The molecule has 0 spiro atoms. The lowest BCUT2D eigenvalue weighted by atomic mass is 9.93. The lowest BCUT2D eigenvalue weighted by Gasteiger charge is -2.34. The van der Waals surface area contributed by atoms with Crippen molar-refractivity contribution in [2.24, 2.45) is 5.73 Å². The highest BCUT2D eigenvalue weighted by Gasteiger charge is 2.25. The number of rotatable bonds is 9. The summed E-state index contributed by atoms with van der Waals surface area (Å²) in [6.07, 6.45) is 11.2. The third-order valence-corrected chi connectivity index (χ3v) is 4.88. The maximum atomic E-state index is 12.8. The van der Waals surface area contributed by atoms with Gasteiger partial charge in [-0.25, -0.2) is 0 Å². The highest BCUT2D eigenvalue weighted by atomic mass is 35.5. The van der Waals surface area contributed by atoms with E-state index in [-0.39, 0.29) is 12.4 Å². The number of amides is 1. The molecule has 3 nitrogen and oxygen atoms in total. The van der Waals surface area contributed by atoms with Gasteiger partial charge in [-0.05, 0) is 37.8 Å². The molecular weight excluding hydrogens is 320 g/mol. The van der Waals surface area contributed by atoms with Crippen LogP contribution in [-0.4, -0.2) is 23.4 Å². The third-order valence-electron chi connectivity index (χ3n) is 4.88. The number of benzene rings is 1. The number of nitrogens with zero attached hydrogens (tertiary/aromatic N) is 1. The van der Waals surface area contributed by atoms with Crippen LogP contribution in [0.15, 0.2) is 30.3 Å². The van der Waals surface area contributed by atoms with Crippen molar-refractivity contribution in [2.75, 3.05) is 6.54 Å². The van der Waals surface area contributed by atoms with Gasteiger partial charge < -0.3 is 10.6 Å². The average molecular weight is 353 g/mol. The molecule has 0 atom stereocenters. The van der Waals surface area contributed by atoms with Crippen molar-refractivity contribution < 1.29 is 4.79 Å². The van der Waals surface area contributed by atoms with Crippen LogP contribution >= 0.6 is 12.4 Å². The molecule has 0 bridgehead atoms. The second-order valence-electron chi connectivity index (χ2n) is 6.75. The Balaban J connectivity index is 0.00000288. The van der Waals surface area contributed by atoms with Crippen LogP contribution in [0.5, 0.6) is 0 Å². The molecule has 0 aromatic heterocycles. The highest BCUT2D eigenvalue weighted by Crippen LogP contribution is 2.25. The Hall–Kier alpha value is -1.06. The Morgan fingerprint density at radius 3 is 2.33 bits per heavy atom. The number of carbonyl (C=O) groups is 1. The molecule has 24 heavy (non-hydrogen) atoms. The first-order valence-electron chi connectivity index (χ1n) is 9.34. The van der Waals surface area contributed by atoms with Gasteiger partial charge in [0.05, 0.1) is 0 Å². The maximum Gasteiger partial charge on any atom is 0.223 e. The summed E-state index contributed by atoms with van der Waals surface area (Å²) in [5.41, 5.74) is 6.77. The van der Waals surface area contributed by atoms with E-state index in [1.54, 1.807) is 0 Å². The molecule has 0 radical (unpaired) electrons. The first-order valence-corrected chi connectivity index (χ1v) is 9.34. The topological polar surface area (TPSA) is 46.3 Å². The second-order valence-corrected chi connectivity index (χ2v) is 6.75. The van der Waals surface area contributed by atoms with E-state index in [1.807, 2.05) is 6.07 Å². The van der Waals surface area contributed by atoms with Gasteiger partial charge >= 0.3 is 0 Å². The van der Waals surface area contributed by atoms with Crippen LogP contribution in [0.1, 0.15) is 69.8 Å². The standard InChI is InChI=1S/C20H32N2O.ClH/c21-16-10-2-1-9-15-20(23)22(19-13-7-4-8-14-19)17-18-11-5-3-6-12-18;/h3,5-6,11-12,19H,1-2,4,7-10,13-17,21H2;1H. The van der Waals surface area contributed by atoms with Gasteiger partial charge in [0.25, 0.3) is 0 Å². The van der Waals surface area contributed by atoms with E-state index >= 15 is 0 Å². The van der Waals surface area contributed by atoms with Crippen molar-refractivity contribution in [3.05, 3.63) is 35.9 Å². The summed E-state index contributed by atoms with van der Waals surface area (Å²) in [5, 5.41) is 0. The molecule has 1 fully saturated rings. The SMILES string of the molecule is Cl.NCCCCCCC(=O)N(Cc1ccccc1)C1CCCCC1. The smallest absolute Gasteiger partial charge is 0.223 e. The molecule has 4 heteroatoms. The van der Waals surface area contributed by atoms with Crippen molar-refractivity contribution in [2.45, 2.75) is 76.8 Å². The number of hydrogen-bond donors (Lipinski definition) is 1. The number of unbranched alkanes of at least 4 members (excludes halogenated alkanes) is 3. The predicted molar refractivity (Wildman–Crippen MR) is 103 cm³/mol. The zero-order valence-corrected chi connectivity index (χ0v) is 15.6. The molecule has 1 aromatic rings. The molecule has 136 valence electrons. The number of hydrogen-bond acceptors (Lipinski definition) is 2. The molecule has 2 N–H and O–H groups in total. The fourth-order valence-corrected chi connectivity index (χ4v) is 3.51. The zero-order valence-electron chi connectivity index (χ0n) is 14.8. The summed E-state index contributed by atoms with van der Waals surface area (Å²) in [6.45, 7) is 1.53. The molecule has 0 unspecified atom stereocenters. The minimum Gasteiger partial charge on any atom is -0.335 e. The summed E-state index contributed by atoms with van der Waals surface area (Å²) in [7, 11) is 0. The van der Waals surface area contributed by atoms with E-state index in [0.717, 1.165) is 38.8 Å². The Bertz CT molecular complexity index is 446. The molecule has 1 amide bonds. The predicted octanol–water partition coefficient (Wildman–Crippen LogP) is 4.68. The van der Waals surface area contributed by atoms with Gasteiger partial charge in [-0.15, -0.1) is 12.4 Å². The fourth-order valence-electron chi connectivity index (χ4n) is 3.51. The van der Waals surface area contributed by atoms with Crippen LogP contribution in [0, 0.1) is 0 Å². The van der Waals surface area contributed by atoms with Gasteiger partial charge in [-0.3, -0.25) is 4.79 Å². The quantitative estimate of drug-likeness (QED) is 0.656. The van der Waals surface area contributed by atoms with Crippen LogP contribution < -0.4 is 5.73 Å². The van der Waals surface area contributed by atoms with Crippen LogP contribution in [0.25, 0.3) is 0 Å². The molecule has 0 saturated heterocycles. The number of halogens is 1. The summed E-state index contributed by atoms with van der Waals surface area (Å²) in [5.74, 6) is 0.341. The van der Waals surface area contributed by atoms with E-state index in [1.165, 1.54) is 37.7 Å². The van der Waals surface area contributed by atoms with Gasteiger partial charge in [-0.2, -0.15) is 0 Å². The second kappa shape index (κ2) is 12.3. The fraction of sp³-hybridized carbons (Fsp3) is 0.650. The normalized spacial score (nSPS) is 14.9. The van der Waals surface area contributed by atoms with Gasteiger partial charge in [0, 0.05) is 19.0 Å². The van der Waals surface area contributed by atoms with E-state index in [0.29, 0.717) is 18.4 Å². The Morgan fingerprint density at radius 1 is 1.00 bits per heavy atom. The third kappa shape index (κ3) is 7.23. The van der Waals surface area contributed by atoms with Crippen molar-refractivity contribution in [3.8, 4) is 0 Å². The summed E-state index contributed by atoms with van der Waals surface area (Å²) < 4.78 is 0. The van der Waals surface area contributed by atoms with Gasteiger partial charge in [-0.1, -0.05) is 62.4 Å². The van der Waals surface area contributed by atoms with Crippen LogP contribution in [0.3, 0.4) is 0 Å². The Kier molecular flexibility index (Phi) is 10.8. The van der Waals surface area contributed by atoms with E-state index in [9.17, 15) is 4.79 Å². The van der Waals surface area contributed by atoms with Gasteiger partial charge in [0.1, 0.15) is 0 Å². The molecule has 1 aliphatic carbocycles. The molecule has 2 rings (SSSR count). The average Bonchev–Trinajstić information content (AvgIpc) is 2.61. The summed E-state index contributed by atoms with van der Waals surface area (Å²) >= 11 is 0. The summed E-state index contributed by atoms with van der Waals surface area (Å²) in [6, 6.07) is 10.9. The molecular formula is C20H33ClN2O. The summed E-state index contributed by atoms with van der Waals surface area (Å²) in [4.78, 5) is 14.9. The first-order chi connectivity index (χ1) is 11.3. The molecule has 1 aromatic carbocycles. The van der Waals surface area contributed by atoms with Crippen LogP contribution in [0.4, 0.5) is 0 Å². The molecule has 1 aliphatic rings. The largest absolute Gasteiger partial charge is 0.335 e.